The Balaban J connectivity index is 1.39. The van der Waals surface area contributed by atoms with Crippen LogP contribution in [0.2, 0.25) is 0 Å². The number of amides is 1. The summed E-state index contributed by atoms with van der Waals surface area (Å²) >= 11 is 1.97. The third kappa shape index (κ3) is 4.60. The van der Waals surface area contributed by atoms with Crippen LogP contribution >= 0.6 is 11.8 Å². The lowest BCUT2D eigenvalue weighted by molar-refractivity contribution is -0.130. The zero-order chi connectivity index (χ0) is 14.5. The van der Waals surface area contributed by atoms with Gasteiger partial charge in [-0.2, -0.15) is 11.8 Å². The maximum absolute atomic E-state index is 12.4. The van der Waals surface area contributed by atoms with Crippen LogP contribution in [-0.4, -0.2) is 72.5 Å². The van der Waals surface area contributed by atoms with Crippen molar-refractivity contribution in [3.05, 3.63) is 0 Å². The Morgan fingerprint density at radius 3 is 2.81 bits per heavy atom. The third-order valence-electron chi connectivity index (χ3n) is 5.02. The quantitative estimate of drug-likeness (QED) is 0.852. The first-order valence-corrected chi connectivity index (χ1v) is 9.78. The summed E-state index contributed by atoms with van der Waals surface area (Å²) in [5.41, 5.74) is 0. The van der Waals surface area contributed by atoms with E-state index in [2.05, 4.69) is 15.1 Å². The van der Waals surface area contributed by atoms with Crippen LogP contribution in [0.5, 0.6) is 0 Å². The lowest BCUT2D eigenvalue weighted by atomic mass is 10.1. The molecule has 0 bridgehead atoms. The fourth-order valence-electron chi connectivity index (χ4n) is 3.81. The molecule has 4 nitrogen and oxygen atoms in total. The van der Waals surface area contributed by atoms with Gasteiger partial charge in [0, 0.05) is 50.1 Å². The number of nitrogens with one attached hydrogen (secondary N) is 1. The first-order chi connectivity index (χ1) is 10.3. The molecule has 3 rings (SSSR count). The zero-order valence-electron chi connectivity index (χ0n) is 13.1. The lowest BCUT2D eigenvalue weighted by Crippen LogP contribution is -2.42. The number of rotatable bonds is 4. The number of thioether (sulfide) groups is 1. The summed E-state index contributed by atoms with van der Waals surface area (Å²) in [5.74, 6) is 3.36. The molecule has 21 heavy (non-hydrogen) atoms. The zero-order valence-corrected chi connectivity index (χ0v) is 13.9. The molecule has 0 saturated carbocycles. The Bertz CT molecular complexity index is 340. The Hall–Kier alpha value is -0.260. The Labute approximate surface area is 133 Å². The molecule has 0 spiro atoms. The third-order valence-corrected chi connectivity index (χ3v) is 6.15. The predicted octanol–water partition coefficient (Wildman–Crippen LogP) is 1.42. The summed E-state index contributed by atoms with van der Waals surface area (Å²) in [6.07, 6.45) is 6.03. The summed E-state index contributed by atoms with van der Waals surface area (Å²) in [7, 11) is 0. The van der Waals surface area contributed by atoms with Gasteiger partial charge in [0.1, 0.15) is 0 Å². The number of carbonyl (C=O) groups excluding carboxylic acids is 1. The van der Waals surface area contributed by atoms with Gasteiger partial charge in [-0.05, 0) is 38.3 Å². The first kappa shape index (κ1) is 15.6. The van der Waals surface area contributed by atoms with E-state index < -0.39 is 0 Å². The molecule has 3 saturated heterocycles. The first-order valence-electron chi connectivity index (χ1n) is 8.62. The van der Waals surface area contributed by atoms with E-state index in [0.717, 1.165) is 25.4 Å². The molecule has 1 amide bonds. The summed E-state index contributed by atoms with van der Waals surface area (Å²) in [6, 6.07) is 0.400. The van der Waals surface area contributed by atoms with E-state index in [9.17, 15) is 4.79 Å². The molecule has 0 aromatic carbocycles. The monoisotopic (exact) mass is 311 g/mol. The van der Waals surface area contributed by atoms with Crippen LogP contribution in [0.15, 0.2) is 0 Å². The fraction of sp³-hybridized carbons (Fsp3) is 0.938. The summed E-state index contributed by atoms with van der Waals surface area (Å²) in [6.45, 7) is 6.79. The van der Waals surface area contributed by atoms with Crippen molar-refractivity contribution in [2.45, 2.75) is 38.1 Å². The molecule has 3 aliphatic heterocycles. The Morgan fingerprint density at radius 2 is 2.05 bits per heavy atom. The lowest BCUT2D eigenvalue weighted by Gasteiger charge is -2.29. The van der Waals surface area contributed by atoms with Crippen molar-refractivity contribution in [2.75, 3.05) is 50.8 Å². The number of likely N-dealkylation sites (tertiary alicyclic amines) is 2. The standard InChI is InChI=1S/C16H29N3OS/c20-16(10-15-13-21-9-5-17-15)19-8-4-14(12-19)11-18-6-2-1-3-7-18/h14-15,17H,1-13H2. The van der Waals surface area contributed by atoms with Crippen LogP contribution in [0.4, 0.5) is 0 Å². The van der Waals surface area contributed by atoms with Crippen molar-refractivity contribution in [1.82, 2.24) is 15.1 Å². The number of nitrogens with zero attached hydrogens (tertiary/aromatic N) is 2. The number of carbonyl (C=O) groups is 1. The van der Waals surface area contributed by atoms with Crippen molar-refractivity contribution in [3.8, 4) is 0 Å². The van der Waals surface area contributed by atoms with E-state index in [1.54, 1.807) is 0 Å². The van der Waals surface area contributed by atoms with Crippen LogP contribution in [-0.2, 0) is 4.79 Å². The van der Waals surface area contributed by atoms with E-state index in [-0.39, 0.29) is 0 Å². The van der Waals surface area contributed by atoms with E-state index >= 15 is 0 Å². The second-order valence-electron chi connectivity index (χ2n) is 6.79. The van der Waals surface area contributed by atoms with Crippen molar-refractivity contribution >= 4 is 17.7 Å². The fourth-order valence-corrected chi connectivity index (χ4v) is 4.76. The highest BCUT2D eigenvalue weighted by Crippen LogP contribution is 2.21. The van der Waals surface area contributed by atoms with Crippen LogP contribution < -0.4 is 5.32 Å². The van der Waals surface area contributed by atoms with Gasteiger partial charge in [0.2, 0.25) is 5.91 Å². The molecule has 3 aliphatic rings. The smallest absolute Gasteiger partial charge is 0.224 e. The molecule has 0 aliphatic carbocycles. The molecule has 1 N–H and O–H groups in total. The van der Waals surface area contributed by atoms with E-state index in [1.807, 2.05) is 11.8 Å². The van der Waals surface area contributed by atoms with Crippen molar-refractivity contribution < 1.29 is 4.79 Å². The maximum Gasteiger partial charge on any atom is 0.224 e. The highest BCUT2D eigenvalue weighted by atomic mass is 32.2. The second kappa shape index (κ2) is 7.84. The van der Waals surface area contributed by atoms with Gasteiger partial charge in [-0.25, -0.2) is 0 Å². The minimum atomic E-state index is 0.371. The van der Waals surface area contributed by atoms with Gasteiger partial charge in [-0.1, -0.05) is 6.42 Å². The minimum absolute atomic E-state index is 0.371. The van der Waals surface area contributed by atoms with Crippen molar-refractivity contribution in [1.29, 1.82) is 0 Å². The Kier molecular flexibility index (Phi) is 5.83. The summed E-state index contributed by atoms with van der Waals surface area (Å²) in [5, 5.41) is 3.47. The molecular formula is C16H29N3OS. The highest BCUT2D eigenvalue weighted by molar-refractivity contribution is 7.99. The van der Waals surface area contributed by atoms with Crippen molar-refractivity contribution in [3.63, 3.8) is 0 Å². The van der Waals surface area contributed by atoms with Gasteiger partial charge in [-0.3, -0.25) is 4.79 Å². The average molecular weight is 311 g/mol. The molecule has 2 unspecified atom stereocenters. The average Bonchev–Trinajstić information content (AvgIpc) is 2.98. The molecule has 120 valence electrons. The number of hydrogen-bond donors (Lipinski definition) is 1. The molecular weight excluding hydrogens is 282 g/mol. The van der Waals surface area contributed by atoms with Gasteiger partial charge in [0.05, 0.1) is 0 Å². The molecule has 0 radical (unpaired) electrons. The SMILES string of the molecule is O=C(CC1CSCCN1)N1CCC(CN2CCCCC2)C1. The van der Waals surface area contributed by atoms with Crippen LogP contribution in [0, 0.1) is 5.92 Å². The van der Waals surface area contributed by atoms with Gasteiger partial charge >= 0.3 is 0 Å². The van der Waals surface area contributed by atoms with Gasteiger partial charge in [0.25, 0.3) is 0 Å². The second-order valence-corrected chi connectivity index (χ2v) is 7.94. The molecule has 0 aromatic heterocycles. The van der Waals surface area contributed by atoms with E-state index in [1.165, 1.54) is 51.1 Å². The molecule has 2 atom stereocenters. The normalized spacial score (nSPS) is 31.5. The van der Waals surface area contributed by atoms with Crippen LogP contribution in [0.25, 0.3) is 0 Å². The van der Waals surface area contributed by atoms with Crippen molar-refractivity contribution in [2.24, 2.45) is 5.92 Å². The van der Waals surface area contributed by atoms with Crippen LogP contribution in [0.3, 0.4) is 0 Å². The molecule has 0 aromatic rings. The van der Waals surface area contributed by atoms with E-state index in [4.69, 9.17) is 0 Å². The van der Waals surface area contributed by atoms with Gasteiger partial charge in [-0.15, -0.1) is 0 Å². The van der Waals surface area contributed by atoms with E-state index in [0.29, 0.717) is 24.3 Å². The maximum atomic E-state index is 12.4. The Morgan fingerprint density at radius 1 is 1.19 bits per heavy atom. The summed E-state index contributed by atoms with van der Waals surface area (Å²) in [4.78, 5) is 17.1. The van der Waals surface area contributed by atoms with Crippen LogP contribution in [0.1, 0.15) is 32.1 Å². The largest absolute Gasteiger partial charge is 0.342 e. The molecule has 3 heterocycles. The molecule has 3 fully saturated rings. The minimum Gasteiger partial charge on any atom is -0.342 e. The van der Waals surface area contributed by atoms with Gasteiger partial charge < -0.3 is 15.1 Å². The van der Waals surface area contributed by atoms with Gasteiger partial charge in [0.15, 0.2) is 0 Å². The number of hydrogen-bond acceptors (Lipinski definition) is 4. The highest BCUT2D eigenvalue weighted by Gasteiger charge is 2.29. The summed E-state index contributed by atoms with van der Waals surface area (Å²) < 4.78 is 0. The topological polar surface area (TPSA) is 35.6 Å². The molecule has 5 heteroatoms. The number of piperidine rings is 1. The predicted molar refractivity (Wildman–Crippen MR) is 88.7 cm³/mol.